The molecule has 0 heterocycles. The predicted octanol–water partition coefficient (Wildman–Crippen LogP) is 2.09. The molecule has 0 aromatic heterocycles. The molecule has 1 aromatic rings. The summed E-state index contributed by atoms with van der Waals surface area (Å²) < 4.78 is 20.6. The van der Waals surface area contributed by atoms with Crippen LogP contribution in [0.15, 0.2) is 24.3 Å². The van der Waals surface area contributed by atoms with Gasteiger partial charge >= 0.3 is 17.9 Å². The van der Waals surface area contributed by atoms with Crippen LogP contribution in [0.4, 0.5) is 0 Å². The number of ether oxygens (including phenoxy) is 4. The van der Waals surface area contributed by atoms with Gasteiger partial charge in [-0.2, -0.15) is 0 Å². The predicted molar refractivity (Wildman–Crippen MR) is 96.8 cm³/mol. The second kappa shape index (κ2) is 10.6. The fraction of sp³-hybridized carbons (Fsp3) is 0.500. The Hall–Kier alpha value is -2.74. The van der Waals surface area contributed by atoms with Gasteiger partial charge in [-0.3, -0.25) is 4.79 Å². The fourth-order valence-electron chi connectivity index (χ4n) is 2.94. The maximum atomic E-state index is 12.7. The molecule has 2 unspecified atom stereocenters. The molecule has 1 saturated carbocycles. The number of ketones is 1. The number of hydrogen-bond donors (Lipinski definition) is 0. The Morgan fingerprint density at radius 1 is 0.893 bits per heavy atom. The van der Waals surface area contributed by atoms with Gasteiger partial charge in [0.25, 0.3) is 0 Å². The van der Waals surface area contributed by atoms with Crippen molar-refractivity contribution in [2.24, 2.45) is 0 Å². The first-order valence-electron chi connectivity index (χ1n) is 9.07. The minimum atomic E-state index is -0.783. The van der Waals surface area contributed by atoms with Crippen LogP contribution in [0, 0.1) is 0 Å². The molecule has 2 atom stereocenters. The van der Waals surface area contributed by atoms with E-state index in [1.165, 1.54) is 26.2 Å². The van der Waals surface area contributed by atoms with Crippen molar-refractivity contribution in [3.05, 3.63) is 35.4 Å². The molecule has 0 radical (unpaired) electrons. The molecule has 0 bridgehead atoms. The monoisotopic (exact) mass is 392 g/mol. The normalized spacial score (nSPS) is 18.8. The lowest BCUT2D eigenvalue weighted by molar-refractivity contribution is -0.162. The molecule has 152 valence electrons. The van der Waals surface area contributed by atoms with Crippen molar-refractivity contribution < 1.29 is 38.1 Å². The van der Waals surface area contributed by atoms with Crippen LogP contribution in [0.1, 0.15) is 53.3 Å². The topological polar surface area (TPSA) is 105 Å². The van der Waals surface area contributed by atoms with Crippen molar-refractivity contribution >= 4 is 23.7 Å². The van der Waals surface area contributed by atoms with Crippen molar-refractivity contribution in [2.45, 2.75) is 44.8 Å². The third-order valence-electron chi connectivity index (χ3n) is 4.22. The van der Waals surface area contributed by atoms with Gasteiger partial charge in [-0.05, 0) is 44.7 Å². The number of hydrogen-bond acceptors (Lipinski definition) is 8. The van der Waals surface area contributed by atoms with Crippen LogP contribution < -0.4 is 0 Å². The van der Waals surface area contributed by atoms with E-state index in [0.717, 1.165) is 12.8 Å². The third-order valence-corrected chi connectivity index (χ3v) is 4.22. The number of Topliss-reactive ketones (excluding diaryl/α,β-unsaturated/α-hetero) is 1. The molecular formula is C20H24O8. The highest BCUT2D eigenvalue weighted by Crippen LogP contribution is 2.25. The van der Waals surface area contributed by atoms with Crippen molar-refractivity contribution in [2.75, 3.05) is 20.3 Å². The van der Waals surface area contributed by atoms with E-state index >= 15 is 0 Å². The standard InChI is InChI=1S/C20H24O8/c1-13(21)11-26-19(23)14-7-3-4-8-15(14)20(24)28-17-10-6-5-9-16(17)27-18(22)12-25-2/h3-4,7-8,16-17H,5-6,9-12H2,1-2H3. The highest BCUT2D eigenvalue weighted by atomic mass is 16.6. The molecule has 0 aliphatic heterocycles. The molecule has 1 aliphatic carbocycles. The summed E-state index contributed by atoms with van der Waals surface area (Å²) in [6.45, 7) is 0.742. The Labute approximate surface area is 163 Å². The Morgan fingerprint density at radius 2 is 1.46 bits per heavy atom. The van der Waals surface area contributed by atoms with E-state index in [1.54, 1.807) is 12.1 Å². The number of methoxy groups -OCH3 is 1. The van der Waals surface area contributed by atoms with Crippen LogP contribution in [0.2, 0.25) is 0 Å². The summed E-state index contributed by atoms with van der Waals surface area (Å²) in [5, 5.41) is 0. The Balaban J connectivity index is 2.09. The maximum absolute atomic E-state index is 12.7. The van der Waals surface area contributed by atoms with Crippen LogP contribution in [-0.4, -0.2) is 56.2 Å². The molecule has 8 heteroatoms. The van der Waals surface area contributed by atoms with Gasteiger partial charge in [0, 0.05) is 7.11 Å². The number of esters is 3. The molecule has 0 amide bonds. The van der Waals surface area contributed by atoms with E-state index in [2.05, 4.69) is 0 Å². The van der Waals surface area contributed by atoms with Crippen molar-refractivity contribution in [3.63, 3.8) is 0 Å². The van der Waals surface area contributed by atoms with E-state index in [9.17, 15) is 19.2 Å². The molecule has 28 heavy (non-hydrogen) atoms. The van der Waals surface area contributed by atoms with E-state index in [4.69, 9.17) is 18.9 Å². The van der Waals surface area contributed by atoms with Crippen molar-refractivity contribution in [1.29, 1.82) is 0 Å². The van der Waals surface area contributed by atoms with Crippen LogP contribution in [0.25, 0.3) is 0 Å². The van der Waals surface area contributed by atoms with E-state index in [-0.39, 0.29) is 30.1 Å². The molecule has 8 nitrogen and oxygen atoms in total. The summed E-state index contributed by atoms with van der Waals surface area (Å²) in [6.07, 6.45) is 1.65. The van der Waals surface area contributed by atoms with Crippen LogP contribution in [-0.2, 0) is 28.5 Å². The molecular weight excluding hydrogens is 368 g/mol. The summed E-state index contributed by atoms with van der Waals surface area (Å²) in [4.78, 5) is 47.6. The lowest BCUT2D eigenvalue weighted by Crippen LogP contribution is -2.38. The quantitative estimate of drug-likeness (QED) is 0.489. The Bertz CT molecular complexity index is 727. The van der Waals surface area contributed by atoms with Crippen molar-refractivity contribution in [1.82, 2.24) is 0 Å². The molecule has 0 saturated heterocycles. The first-order valence-corrected chi connectivity index (χ1v) is 9.07. The van der Waals surface area contributed by atoms with Gasteiger partial charge in [-0.15, -0.1) is 0 Å². The Morgan fingerprint density at radius 3 is 2.04 bits per heavy atom. The summed E-state index contributed by atoms with van der Waals surface area (Å²) in [5.74, 6) is -2.33. The largest absolute Gasteiger partial charge is 0.457 e. The molecule has 0 N–H and O–H groups in total. The third kappa shape index (κ3) is 6.16. The molecule has 2 rings (SSSR count). The first-order chi connectivity index (χ1) is 13.4. The highest BCUT2D eigenvalue weighted by Gasteiger charge is 2.32. The van der Waals surface area contributed by atoms with E-state index < -0.39 is 30.1 Å². The molecule has 1 aromatic carbocycles. The first kappa shape index (κ1) is 21.6. The van der Waals surface area contributed by atoms with Gasteiger partial charge in [-0.1, -0.05) is 12.1 Å². The highest BCUT2D eigenvalue weighted by molar-refractivity contribution is 6.03. The number of rotatable bonds is 8. The molecule has 1 aliphatic rings. The average molecular weight is 392 g/mol. The van der Waals surface area contributed by atoms with Crippen molar-refractivity contribution in [3.8, 4) is 0 Å². The van der Waals surface area contributed by atoms with Gasteiger partial charge in [0.05, 0.1) is 11.1 Å². The zero-order valence-corrected chi connectivity index (χ0v) is 16.0. The second-order valence-corrected chi connectivity index (χ2v) is 6.51. The number of benzene rings is 1. The van der Waals surface area contributed by atoms with Crippen LogP contribution in [0.5, 0.6) is 0 Å². The minimum Gasteiger partial charge on any atom is -0.457 e. The van der Waals surface area contributed by atoms with Gasteiger partial charge in [0.2, 0.25) is 0 Å². The summed E-state index contributed by atoms with van der Waals surface area (Å²) >= 11 is 0. The zero-order valence-electron chi connectivity index (χ0n) is 16.0. The smallest absolute Gasteiger partial charge is 0.339 e. The lowest BCUT2D eigenvalue weighted by Gasteiger charge is -2.30. The minimum absolute atomic E-state index is 0.0116. The SMILES string of the molecule is COCC(=O)OC1CCCCC1OC(=O)c1ccccc1C(=O)OCC(C)=O. The second-order valence-electron chi connectivity index (χ2n) is 6.51. The van der Waals surface area contributed by atoms with Crippen LogP contribution >= 0.6 is 0 Å². The van der Waals surface area contributed by atoms with E-state index in [1.807, 2.05) is 0 Å². The van der Waals surface area contributed by atoms with Gasteiger partial charge in [-0.25, -0.2) is 14.4 Å². The summed E-state index contributed by atoms with van der Waals surface area (Å²) in [6, 6.07) is 6.05. The number of carbonyl (C=O) groups is 4. The fourth-order valence-corrected chi connectivity index (χ4v) is 2.94. The lowest BCUT2D eigenvalue weighted by atomic mass is 9.94. The van der Waals surface area contributed by atoms with Gasteiger partial charge in [0.1, 0.15) is 25.4 Å². The molecule has 0 spiro atoms. The summed E-state index contributed by atoms with van der Waals surface area (Å²) in [7, 11) is 1.39. The van der Waals surface area contributed by atoms with Gasteiger partial charge in [0.15, 0.2) is 5.78 Å². The maximum Gasteiger partial charge on any atom is 0.339 e. The Kier molecular flexibility index (Phi) is 8.13. The summed E-state index contributed by atoms with van der Waals surface area (Å²) in [5.41, 5.74) is 0.0427. The zero-order chi connectivity index (χ0) is 20.5. The number of carbonyl (C=O) groups excluding carboxylic acids is 4. The van der Waals surface area contributed by atoms with E-state index in [0.29, 0.717) is 12.8 Å². The average Bonchev–Trinajstić information content (AvgIpc) is 2.67. The van der Waals surface area contributed by atoms with Crippen LogP contribution in [0.3, 0.4) is 0 Å². The van der Waals surface area contributed by atoms with Gasteiger partial charge < -0.3 is 18.9 Å². The molecule has 1 fully saturated rings.